The van der Waals surface area contributed by atoms with E-state index in [0.717, 1.165) is 18.8 Å². The SMILES string of the molecule is CN(C)c1ccc(OC2CCN(C(=O)CC(C)(C)C)C2)nn1. The molecule has 0 spiro atoms. The van der Waals surface area contributed by atoms with Gasteiger partial charge in [0.25, 0.3) is 0 Å². The van der Waals surface area contributed by atoms with Gasteiger partial charge in [-0.25, -0.2) is 0 Å². The minimum absolute atomic E-state index is 0.00317. The fourth-order valence-corrected chi connectivity index (χ4v) is 2.40. The first-order valence-corrected chi connectivity index (χ1v) is 7.70. The molecular weight excluding hydrogens is 280 g/mol. The Kier molecular flexibility index (Phi) is 4.88. The van der Waals surface area contributed by atoms with Gasteiger partial charge in [0, 0.05) is 39.5 Å². The van der Waals surface area contributed by atoms with Crippen molar-refractivity contribution in [3.05, 3.63) is 12.1 Å². The normalized spacial score (nSPS) is 18.4. The van der Waals surface area contributed by atoms with Crippen LogP contribution in [-0.4, -0.2) is 54.3 Å². The quantitative estimate of drug-likeness (QED) is 0.851. The van der Waals surface area contributed by atoms with E-state index in [1.807, 2.05) is 36.0 Å². The predicted octanol–water partition coefficient (Wildman–Crippen LogP) is 1.96. The lowest BCUT2D eigenvalue weighted by Crippen LogP contribution is -2.33. The van der Waals surface area contributed by atoms with Crippen molar-refractivity contribution in [3.63, 3.8) is 0 Å². The van der Waals surface area contributed by atoms with Crippen molar-refractivity contribution in [2.24, 2.45) is 5.41 Å². The number of carbonyl (C=O) groups is 1. The summed E-state index contributed by atoms with van der Waals surface area (Å²) < 4.78 is 5.83. The molecule has 0 bridgehead atoms. The standard InChI is InChI=1S/C16H26N4O2/c1-16(2,3)10-15(21)20-9-8-12(11-20)22-14-7-6-13(17-18-14)19(4)5/h6-7,12H,8-11H2,1-5H3. The summed E-state index contributed by atoms with van der Waals surface area (Å²) in [6.07, 6.45) is 1.41. The molecule has 0 aliphatic carbocycles. The van der Waals surface area contributed by atoms with Crippen molar-refractivity contribution in [1.82, 2.24) is 15.1 Å². The molecule has 1 unspecified atom stereocenters. The monoisotopic (exact) mass is 306 g/mol. The Morgan fingerprint density at radius 1 is 1.36 bits per heavy atom. The first kappa shape index (κ1) is 16.5. The summed E-state index contributed by atoms with van der Waals surface area (Å²) in [5.74, 6) is 1.51. The fourth-order valence-electron chi connectivity index (χ4n) is 2.40. The number of nitrogens with zero attached hydrogens (tertiary/aromatic N) is 4. The summed E-state index contributed by atoms with van der Waals surface area (Å²) in [5.41, 5.74) is 0.0174. The van der Waals surface area contributed by atoms with Crippen LogP contribution < -0.4 is 9.64 Å². The Morgan fingerprint density at radius 2 is 2.09 bits per heavy atom. The lowest BCUT2D eigenvalue weighted by atomic mass is 9.92. The van der Waals surface area contributed by atoms with Crippen LogP contribution in [0.2, 0.25) is 0 Å². The average Bonchev–Trinajstić information content (AvgIpc) is 2.86. The number of rotatable bonds is 4. The molecule has 0 aromatic carbocycles. The average molecular weight is 306 g/mol. The highest BCUT2D eigenvalue weighted by Crippen LogP contribution is 2.23. The van der Waals surface area contributed by atoms with Crippen molar-refractivity contribution in [2.75, 3.05) is 32.1 Å². The molecule has 22 heavy (non-hydrogen) atoms. The highest BCUT2D eigenvalue weighted by atomic mass is 16.5. The number of likely N-dealkylation sites (tertiary alicyclic amines) is 1. The maximum atomic E-state index is 12.2. The largest absolute Gasteiger partial charge is 0.471 e. The van der Waals surface area contributed by atoms with E-state index in [4.69, 9.17) is 4.74 Å². The molecule has 2 rings (SSSR count). The third-order valence-corrected chi connectivity index (χ3v) is 3.55. The molecule has 1 aromatic heterocycles. The molecule has 6 nitrogen and oxygen atoms in total. The molecule has 2 heterocycles. The zero-order chi connectivity index (χ0) is 16.3. The van der Waals surface area contributed by atoms with Gasteiger partial charge in [-0.05, 0) is 11.5 Å². The van der Waals surface area contributed by atoms with Crippen LogP contribution in [0.4, 0.5) is 5.82 Å². The van der Waals surface area contributed by atoms with Gasteiger partial charge < -0.3 is 14.5 Å². The van der Waals surface area contributed by atoms with Crippen LogP contribution in [0.25, 0.3) is 0 Å². The summed E-state index contributed by atoms with van der Waals surface area (Å²) in [7, 11) is 3.83. The van der Waals surface area contributed by atoms with Crippen LogP contribution in [0.1, 0.15) is 33.6 Å². The second kappa shape index (κ2) is 6.50. The maximum Gasteiger partial charge on any atom is 0.233 e. The minimum atomic E-state index is 0.00317. The first-order valence-electron chi connectivity index (χ1n) is 7.70. The third-order valence-electron chi connectivity index (χ3n) is 3.55. The summed E-state index contributed by atoms with van der Waals surface area (Å²) in [6, 6.07) is 3.70. The highest BCUT2D eigenvalue weighted by molar-refractivity contribution is 5.77. The smallest absolute Gasteiger partial charge is 0.233 e. The Labute approximate surface area is 132 Å². The van der Waals surface area contributed by atoms with Gasteiger partial charge in [-0.1, -0.05) is 20.8 Å². The minimum Gasteiger partial charge on any atom is -0.471 e. The highest BCUT2D eigenvalue weighted by Gasteiger charge is 2.29. The van der Waals surface area contributed by atoms with Gasteiger partial charge in [-0.2, -0.15) is 0 Å². The van der Waals surface area contributed by atoms with E-state index in [0.29, 0.717) is 18.8 Å². The molecule has 0 radical (unpaired) electrons. The van der Waals surface area contributed by atoms with E-state index in [1.165, 1.54) is 0 Å². The zero-order valence-corrected chi connectivity index (χ0v) is 14.2. The van der Waals surface area contributed by atoms with Crippen LogP contribution in [0.15, 0.2) is 12.1 Å². The van der Waals surface area contributed by atoms with Crippen LogP contribution in [0.5, 0.6) is 5.88 Å². The fraction of sp³-hybridized carbons (Fsp3) is 0.688. The van der Waals surface area contributed by atoms with Gasteiger partial charge in [0.05, 0.1) is 6.54 Å². The summed E-state index contributed by atoms with van der Waals surface area (Å²) in [5, 5.41) is 8.17. The zero-order valence-electron chi connectivity index (χ0n) is 14.2. The molecule has 1 saturated heterocycles. The Balaban J connectivity index is 1.87. The van der Waals surface area contributed by atoms with E-state index in [9.17, 15) is 4.79 Å². The van der Waals surface area contributed by atoms with Gasteiger partial charge in [0.15, 0.2) is 5.82 Å². The van der Waals surface area contributed by atoms with Crippen molar-refractivity contribution in [2.45, 2.75) is 39.7 Å². The van der Waals surface area contributed by atoms with Crippen molar-refractivity contribution >= 4 is 11.7 Å². The second-order valence-corrected chi connectivity index (χ2v) is 7.23. The van der Waals surface area contributed by atoms with Crippen molar-refractivity contribution < 1.29 is 9.53 Å². The molecule has 1 fully saturated rings. The lowest BCUT2D eigenvalue weighted by Gasteiger charge is -2.23. The number of hydrogen-bond acceptors (Lipinski definition) is 5. The molecule has 6 heteroatoms. The number of ether oxygens (including phenoxy) is 1. The molecular formula is C16H26N4O2. The summed E-state index contributed by atoms with van der Waals surface area (Å²) in [6.45, 7) is 7.62. The molecule has 1 aliphatic rings. The van der Waals surface area contributed by atoms with E-state index < -0.39 is 0 Å². The van der Waals surface area contributed by atoms with Crippen LogP contribution in [0, 0.1) is 5.41 Å². The second-order valence-electron chi connectivity index (χ2n) is 7.23. The molecule has 122 valence electrons. The third kappa shape index (κ3) is 4.58. The predicted molar refractivity (Wildman–Crippen MR) is 86.0 cm³/mol. The molecule has 1 aliphatic heterocycles. The Bertz CT molecular complexity index is 508. The Morgan fingerprint density at radius 3 is 2.64 bits per heavy atom. The number of amides is 1. The summed E-state index contributed by atoms with van der Waals surface area (Å²) in [4.78, 5) is 16.0. The van der Waals surface area contributed by atoms with Crippen molar-refractivity contribution in [3.8, 4) is 5.88 Å². The topological polar surface area (TPSA) is 58.6 Å². The van der Waals surface area contributed by atoms with E-state index >= 15 is 0 Å². The van der Waals surface area contributed by atoms with Gasteiger partial charge in [0.2, 0.25) is 11.8 Å². The number of carbonyl (C=O) groups excluding carboxylic acids is 1. The van der Waals surface area contributed by atoms with E-state index in [1.54, 1.807) is 0 Å². The van der Waals surface area contributed by atoms with Gasteiger partial charge >= 0.3 is 0 Å². The first-order chi connectivity index (χ1) is 10.2. The molecule has 0 N–H and O–H groups in total. The van der Waals surface area contributed by atoms with Crippen LogP contribution >= 0.6 is 0 Å². The number of anilines is 1. The van der Waals surface area contributed by atoms with Gasteiger partial charge in [0.1, 0.15) is 6.10 Å². The number of hydrogen-bond donors (Lipinski definition) is 0. The van der Waals surface area contributed by atoms with Crippen molar-refractivity contribution in [1.29, 1.82) is 0 Å². The Hall–Kier alpha value is -1.85. The van der Waals surface area contributed by atoms with Gasteiger partial charge in [-0.3, -0.25) is 4.79 Å². The summed E-state index contributed by atoms with van der Waals surface area (Å²) >= 11 is 0. The molecule has 1 atom stereocenters. The molecule has 1 aromatic rings. The van der Waals surface area contributed by atoms with E-state index in [-0.39, 0.29) is 17.4 Å². The van der Waals surface area contributed by atoms with E-state index in [2.05, 4.69) is 31.0 Å². The van der Waals surface area contributed by atoms with Crippen LogP contribution in [0.3, 0.4) is 0 Å². The van der Waals surface area contributed by atoms with Gasteiger partial charge in [-0.15, -0.1) is 10.2 Å². The molecule has 0 saturated carbocycles. The molecule has 1 amide bonds. The lowest BCUT2D eigenvalue weighted by molar-refractivity contribution is -0.132. The van der Waals surface area contributed by atoms with Crippen LogP contribution in [-0.2, 0) is 4.79 Å². The number of aromatic nitrogens is 2. The maximum absolute atomic E-state index is 12.2.